The number of benzene rings is 1. The van der Waals surface area contributed by atoms with Crippen molar-refractivity contribution in [2.75, 3.05) is 0 Å². The molecule has 1 N–H and O–H groups in total. The lowest BCUT2D eigenvalue weighted by Crippen LogP contribution is -2.27. The molecule has 3 rings (SSSR count). The van der Waals surface area contributed by atoms with Gasteiger partial charge in [0.15, 0.2) is 0 Å². The van der Waals surface area contributed by atoms with Gasteiger partial charge in [0, 0.05) is 29.6 Å². The highest BCUT2D eigenvalue weighted by atomic mass is 16.6. The Labute approximate surface area is 140 Å². The summed E-state index contributed by atoms with van der Waals surface area (Å²) in [5.74, 6) is -0.144. The van der Waals surface area contributed by atoms with Crippen molar-refractivity contribution in [3.8, 4) is 0 Å². The minimum Gasteiger partial charge on any atom is -0.345 e. The summed E-state index contributed by atoms with van der Waals surface area (Å²) in [5.41, 5.74) is 3.51. The molecule has 6 heteroatoms. The predicted octanol–water partition coefficient (Wildman–Crippen LogP) is 3.84. The van der Waals surface area contributed by atoms with Crippen LogP contribution in [0.4, 0.5) is 5.69 Å². The molecule has 1 heterocycles. The average Bonchev–Trinajstić information content (AvgIpc) is 3.32. The quantitative estimate of drug-likeness (QED) is 0.669. The van der Waals surface area contributed by atoms with Gasteiger partial charge < -0.3 is 9.88 Å². The van der Waals surface area contributed by atoms with Gasteiger partial charge in [-0.05, 0) is 45.2 Å². The van der Waals surface area contributed by atoms with Crippen LogP contribution in [0.2, 0.25) is 0 Å². The Hall–Kier alpha value is -2.63. The summed E-state index contributed by atoms with van der Waals surface area (Å²) in [7, 11) is 0. The van der Waals surface area contributed by atoms with E-state index < -0.39 is 4.92 Å². The second kappa shape index (κ2) is 6.11. The van der Waals surface area contributed by atoms with Crippen molar-refractivity contribution in [3.63, 3.8) is 0 Å². The summed E-state index contributed by atoms with van der Waals surface area (Å²) >= 11 is 0. The maximum Gasteiger partial charge on any atom is 0.269 e. The highest BCUT2D eigenvalue weighted by molar-refractivity contribution is 5.96. The van der Waals surface area contributed by atoms with E-state index in [4.69, 9.17) is 0 Å². The fraction of sp³-hybridized carbons (Fsp3) is 0.389. The molecule has 1 atom stereocenters. The summed E-state index contributed by atoms with van der Waals surface area (Å²) in [6.07, 6.45) is 2.34. The Bertz CT molecular complexity index is 806. The molecule has 1 unspecified atom stereocenters. The fourth-order valence-electron chi connectivity index (χ4n) is 3.17. The zero-order chi connectivity index (χ0) is 17.4. The van der Waals surface area contributed by atoms with Crippen LogP contribution >= 0.6 is 0 Å². The maximum atomic E-state index is 12.6. The van der Waals surface area contributed by atoms with Crippen LogP contribution < -0.4 is 5.32 Å². The monoisotopic (exact) mass is 327 g/mol. The van der Waals surface area contributed by atoms with Gasteiger partial charge >= 0.3 is 0 Å². The minimum absolute atomic E-state index is 0.0283. The van der Waals surface area contributed by atoms with Crippen molar-refractivity contribution >= 4 is 11.6 Å². The molecule has 0 radical (unpaired) electrons. The number of nitrogens with one attached hydrogen (secondary N) is 1. The van der Waals surface area contributed by atoms with Gasteiger partial charge in [-0.25, -0.2) is 0 Å². The molecular weight excluding hydrogens is 306 g/mol. The minimum atomic E-state index is -0.429. The number of rotatable bonds is 5. The molecule has 1 saturated carbocycles. The van der Waals surface area contributed by atoms with E-state index in [2.05, 4.69) is 9.88 Å². The first-order valence-electron chi connectivity index (χ1n) is 8.12. The number of hydrogen-bond donors (Lipinski definition) is 1. The second-order valence-corrected chi connectivity index (χ2v) is 6.43. The number of carbonyl (C=O) groups is 1. The third-order valence-electron chi connectivity index (χ3n) is 4.57. The number of carbonyl (C=O) groups excluding carboxylic acids is 1. The Morgan fingerprint density at radius 1 is 1.33 bits per heavy atom. The Kier molecular flexibility index (Phi) is 4.13. The van der Waals surface area contributed by atoms with Gasteiger partial charge in [0.1, 0.15) is 0 Å². The molecule has 0 spiro atoms. The predicted molar refractivity (Wildman–Crippen MR) is 91.2 cm³/mol. The van der Waals surface area contributed by atoms with Crippen LogP contribution in [0.3, 0.4) is 0 Å². The van der Waals surface area contributed by atoms with Crippen LogP contribution in [0, 0.1) is 24.0 Å². The largest absolute Gasteiger partial charge is 0.345 e. The van der Waals surface area contributed by atoms with Gasteiger partial charge in [0.25, 0.3) is 11.6 Å². The van der Waals surface area contributed by atoms with Crippen LogP contribution in [0.15, 0.2) is 30.3 Å². The molecule has 0 aliphatic heterocycles. The molecule has 1 amide bonds. The molecule has 1 aromatic heterocycles. The molecule has 126 valence electrons. The van der Waals surface area contributed by atoms with Gasteiger partial charge in [-0.2, -0.15) is 0 Å². The van der Waals surface area contributed by atoms with E-state index in [-0.39, 0.29) is 17.6 Å². The van der Waals surface area contributed by atoms with E-state index in [0.29, 0.717) is 17.2 Å². The smallest absolute Gasteiger partial charge is 0.269 e. The van der Waals surface area contributed by atoms with Gasteiger partial charge in [0.2, 0.25) is 0 Å². The standard InChI is InChI=1S/C18H21N3O3/c1-11-9-17(13(3)20(11)15-7-8-15)18(22)19-12(2)14-5-4-6-16(10-14)21(23)24/h4-6,9-10,12,15H,7-8H2,1-3H3,(H,19,22). The van der Waals surface area contributed by atoms with Crippen LogP contribution in [0.25, 0.3) is 0 Å². The van der Waals surface area contributed by atoms with Crippen molar-refractivity contribution < 1.29 is 9.72 Å². The van der Waals surface area contributed by atoms with Crippen molar-refractivity contribution in [3.05, 3.63) is 63.0 Å². The highest BCUT2D eigenvalue weighted by Crippen LogP contribution is 2.38. The molecule has 1 aromatic carbocycles. The first-order chi connectivity index (χ1) is 11.4. The molecule has 0 saturated heterocycles. The number of nitrogens with zero attached hydrogens (tertiary/aromatic N) is 2. The SMILES string of the molecule is Cc1cc(C(=O)NC(C)c2cccc([N+](=O)[O-])c2)c(C)n1C1CC1. The van der Waals surface area contributed by atoms with E-state index in [1.165, 1.54) is 25.0 Å². The van der Waals surface area contributed by atoms with E-state index in [0.717, 1.165) is 11.4 Å². The van der Waals surface area contributed by atoms with Crippen molar-refractivity contribution in [2.24, 2.45) is 0 Å². The molecule has 6 nitrogen and oxygen atoms in total. The number of non-ortho nitro benzene ring substituents is 1. The van der Waals surface area contributed by atoms with Crippen molar-refractivity contribution in [1.82, 2.24) is 9.88 Å². The number of aromatic nitrogens is 1. The normalized spacial score (nSPS) is 15.1. The topological polar surface area (TPSA) is 77.2 Å². The molecule has 1 aliphatic rings. The van der Waals surface area contributed by atoms with Gasteiger partial charge in [-0.1, -0.05) is 12.1 Å². The number of aryl methyl sites for hydroxylation is 1. The highest BCUT2D eigenvalue weighted by Gasteiger charge is 2.28. The van der Waals surface area contributed by atoms with Crippen molar-refractivity contribution in [1.29, 1.82) is 0 Å². The zero-order valence-corrected chi connectivity index (χ0v) is 14.1. The summed E-state index contributed by atoms with van der Waals surface area (Å²) < 4.78 is 2.23. The Balaban J connectivity index is 1.78. The lowest BCUT2D eigenvalue weighted by Gasteiger charge is -2.14. The molecular formula is C18H21N3O3. The summed E-state index contributed by atoms with van der Waals surface area (Å²) in [6, 6.07) is 8.51. The van der Waals surface area contributed by atoms with E-state index >= 15 is 0 Å². The molecule has 2 aromatic rings. The third-order valence-corrected chi connectivity index (χ3v) is 4.57. The number of nitro benzene ring substituents is 1. The Morgan fingerprint density at radius 3 is 2.67 bits per heavy atom. The summed E-state index contributed by atoms with van der Waals surface area (Å²) in [6.45, 7) is 5.82. The van der Waals surface area contributed by atoms with Gasteiger partial charge in [0.05, 0.1) is 16.5 Å². The van der Waals surface area contributed by atoms with Crippen molar-refractivity contribution in [2.45, 2.75) is 45.7 Å². The van der Waals surface area contributed by atoms with Crippen LogP contribution in [-0.4, -0.2) is 15.4 Å². The van der Waals surface area contributed by atoms with E-state index in [1.54, 1.807) is 12.1 Å². The average molecular weight is 327 g/mol. The molecule has 1 aliphatic carbocycles. The first kappa shape index (κ1) is 16.2. The second-order valence-electron chi connectivity index (χ2n) is 6.43. The van der Waals surface area contributed by atoms with Gasteiger partial charge in [-0.3, -0.25) is 14.9 Å². The fourth-order valence-corrected chi connectivity index (χ4v) is 3.17. The summed E-state index contributed by atoms with van der Waals surface area (Å²) in [5, 5.41) is 13.8. The summed E-state index contributed by atoms with van der Waals surface area (Å²) in [4.78, 5) is 23.1. The Morgan fingerprint density at radius 2 is 2.04 bits per heavy atom. The lowest BCUT2D eigenvalue weighted by molar-refractivity contribution is -0.384. The van der Waals surface area contributed by atoms with Crippen LogP contribution in [0.5, 0.6) is 0 Å². The molecule has 1 fully saturated rings. The van der Waals surface area contributed by atoms with E-state index in [9.17, 15) is 14.9 Å². The zero-order valence-electron chi connectivity index (χ0n) is 14.1. The first-order valence-corrected chi connectivity index (χ1v) is 8.12. The van der Waals surface area contributed by atoms with Crippen LogP contribution in [-0.2, 0) is 0 Å². The third kappa shape index (κ3) is 3.04. The van der Waals surface area contributed by atoms with Gasteiger partial charge in [-0.15, -0.1) is 0 Å². The van der Waals surface area contributed by atoms with E-state index in [1.807, 2.05) is 26.8 Å². The lowest BCUT2D eigenvalue weighted by atomic mass is 10.1. The molecule has 24 heavy (non-hydrogen) atoms. The maximum absolute atomic E-state index is 12.6. The number of amides is 1. The number of hydrogen-bond acceptors (Lipinski definition) is 3. The van der Waals surface area contributed by atoms with Crippen LogP contribution in [0.1, 0.15) is 59.2 Å². The number of nitro groups is 1. The molecule has 0 bridgehead atoms.